The quantitative estimate of drug-likeness (QED) is 0.269. The minimum Gasteiger partial charge on any atom is -0.352 e. The van der Waals surface area contributed by atoms with Gasteiger partial charge >= 0.3 is 0 Å². The molecule has 10 nitrogen and oxygen atoms in total. The van der Waals surface area contributed by atoms with E-state index in [1.165, 1.54) is 42.5 Å². The van der Waals surface area contributed by atoms with Gasteiger partial charge < -0.3 is 10.6 Å². The molecule has 1 fully saturated rings. The second-order valence-electron chi connectivity index (χ2n) is 10.9. The molecule has 1 aliphatic carbocycles. The van der Waals surface area contributed by atoms with Gasteiger partial charge in [0.15, 0.2) is 0 Å². The molecule has 0 spiro atoms. The van der Waals surface area contributed by atoms with E-state index < -0.39 is 9.85 Å². The van der Waals surface area contributed by atoms with Gasteiger partial charge in [-0.1, -0.05) is 45.0 Å². The van der Waals surface area contributed by atoms with Crippen molar-refractivity contribution in [3.8, 4) is 0 Å². The monoisotopic (exact) mass is 520 g/mol. The van der Waals surface area contributed by atoms with Crippen molar-refractivity contribution in [1.29, 1.82) is 0 Å². The lowest BCUT2D eigenvalue weighted by Gasteiger charge is -2.46. The van der Waals surface area contributed by atoms with Crippen LogP contribution in [0, 0.1) is 31.1 Å². The van der Waals surface area contributed by atoms with E-state index >= 15 is 0 Å². The van der Waals surface area contributed by atoms with E-state index in [0.717, 1.165) is 12.8 Å². The Morgan fingerprint density at radius 2 is 1.42 bits per heavy atom. The third kappa shape index (κ3) is 8.36. The molecule has 0 aromatic heterocycles. The van der Waals surface area contributed by atoms with Gasteiger partial charge in [0.25, 0.3) is 11.4 Å². The first kappa shape index (κ1) is 28.2. The zero-order valence-corrected chi connectivity index (χ0v) is 21.7. The van der Waals surface area contributed by atoms with Crippen LogP contribution in [0.3, 0.4) is 0 Å². The van der Waals surface area contributed by atoms with E-state index in [-0.39, 0.29) is 40.1 Å². The molecule has 1 saturated carbocycles. The number of amides is 2. The first-order valence-corrected chi connectivity index (χ1v) is 12.3. The van der Waals surface area contributed by atoms with E-state index in [2.05, 4.69) is 31.4 Å². The van der Waals surface area contributed by atoms with Crippen LogP contribution in [0.15, 0.2) is 60.7 Å². The summed E-state index contributed by atoms with van der Waals surface area (Å²) in [4.78, 5) is 46.0. The summed E-state index contributed by atoms with van der Waals surface area (Å²) in [6.07, 6.45) is 8.11. The lowest BCUT2D eigenvalue weighted by molar-refractivity contribution is -0.385. The molecule has 3 rings (SSSR count). The molecular weight excluding hydrogens is 488 g/mol. The summed E-state index contributed by atoms with van der Waals surface area (Å²) in [5.41, 5.74) is 0.692. The average Bonchev–Trinajstić information content (AvgIpc) is 2.84. The molecule has 2 aromatic carbocycles. The maximum atomic E-state index is 12.6. The molecule has 2 N–H and O–H groups in total. The van der Waals surface area contributed by atoms with Crippen molar-refractivity contribution in [1.82, 2.24) is 10.6 Å². The van der Waals surface area contributed by atoms with Crippen molar-refractivity contribution in [2.24, 2.45) is 10.8 Å². The molecular formula is C28H32N4O6. The topological polar surface area (TPSA) is 144 Å². The van der Waals surface area contributed by atoms with E-state index in [1.54, 1.807) is 30.3 Å². The highest BCUT2D eigenvalue weighted by Crippen LogP contribution is 2.45. The van der Waals surface area contributed by atoms with Crippen molar-refractivity contribution < 1.29 is 19.4 Å². The summed E-state index contributed by atoms with van der Waals surface area (Å²) in [5, 5.41) is 27.9. The normalized spacial score (nSPS) is 20.8. The highest BCUT2D eigenvalue weighted by atomic mass is 16.6. The number of carbonyl (C=O) groups is 2. The first-order chi connectivity index (χ1) is 17.8. The molecule has 2 unspecified atom stereocenters. The summed E-state index contributed by atoms with van der Waals surface area (Å²) in [6, 6.07) is 12.0. The third-order valence-corrected chi connectivity index (χ3v) is 6.50. The minimum absolute atomic E-state index is 0.0423. The Balaban J connectivity index is 1.59. The lowest BCUT2D eigenvalue weighted by Crippen LogP contribution is -2.50. The van der Waals surface area contributed by atoms with Crippen LogP contribution < -0.4 is 10.6 Å². The maximum absolute atomic E-state index is 12.6. The molecule has 2 aromatic rings. The number of nitro benzene ring substituents is 2. The Labute approximate surface area is 221 Å². The van der Waals surface area contributed by atoms with Gasteiger partial charge in [0.05, 0.1) is 9.85 Å². The zero-order chi connectivity index (χ0) is 27.9. The number of nitro groups is 2. The van der Waals surface area contributed by atoms with Crippen molar-refractivity contribution in [3.63, 3.8) is 0 Å². The first-order valence-electron chi connectivity index (χ1n) is 12.3. The number of rotatable bonds is 9. The van der Waals surface area contributed by atoms with Gasteiger partial charge in [-0.3, -0.25) is 29.8 Å². The van der Waals surface area contributed by atoms with Gasteiger partial charge in [-0.05, 0) is 53.4 Å². The van der Waals surface area contributed by atoms with Gasteiger partial charge in [-0.2, -0.15) is 0 Å². The molecule has 0 heterocycles. The van der Waals surface area contributed by atoms with E-state index in [0.29, 0.717) is 24.1 Å². The van der Waals surface area contributed by atoms with Gasteiger partial charge in [0.1, 0.15) is 0 Å². The Morgan fingerprint density at radius 1 is 0.895 bits per heavy atom. The summed E-state index contributed by atoms with van der Waals surface area (Å²) in [5.74, 6) is -0.591. The van der Waals surface area contributed by atoms with Crippen molar-refractivity contribution >= 4 is 35.3 Å². The number of carbonyl (C=O) groups excluding carboxylic acids is 2. The minimum atomic E-state index is -0.484. The van der Waals surface area contributed by atoms with Crippen LogP contribution in [0.25, 0.3) is 12.2 Å². The fraction of sp³-hybridized carbons (Fsp3) is 0.357. The van der Waals surface area contributed by atoms with E-state index in [1.807, 2.05) is 0 Å². The number of hydrogen-bond donors (Lipinski definition) is 2. The number of benzene rings is 2. The Bertz CT molecular complexity index is 1290. The fourth-order valence-electron chi connectivity index (χ4n) is 5.31. The lowest BCUT2D eigenvalue weighted by atomic mass is 9.62. The molecule has 0 radical (unpaired) electrons. The van der Waals surface area contributed by atoms with Crippen LogP contribution in [0.1, 0.15) is 51.2 Å². The molecule has 0 saturated heterocycles. The highest BCUT2D eigenvalue weighted by Gasteiger charge is 2.41. The van der Waals surface area contributed by atoms with Crippen molar-refractivity contribution in [2.45, 2.75) is 46.1 Å². The van der Waals surface area contributed by atoms with Crippen molar-refractivity contribution in [3.05, 3.63) is 92.0 Å². The number of nitrogens with one attached hydrogen (secondary N) is 2. The predicted octanol–water partition coefficient (Wildman–Crippen LogP) is 5.05. The summed E-state index contributed by atoms with van der Waals surface area (Å²) < 4.78 is 0. The molecule has 38 heavy (non-hydrogen) atoms. The molecule has 1 aliphatic rings. The number of nitrogens with zero attached hydrogens (tertiary/aromatic N) is 2. The maximum Gasteiger partial charge on any atom is 0.270 e. The number of hydrogen-bond acceptors (Lipinski definition) is 6. The Morgan fingerprint density at radius 3 is 1.95 bits per heavy atom. The smallest absolute Gasteiger partial charge is 0.270 e. The Hall–Kier alpha value is -4.34. The molecule has 0 bridgehead atoms. The molecule has 0 aliphatic heterocycles. The largest absolute Gasteiger partial charge is 0.352 e. The standard InChI is InChI=1S/C28H32N4O6/c1-27(2)16-22(30-26(34)13-11-21-7-5-9-24(15-21)32(37)38)17-28(3,18-27)19-29-25(33)12-10-20-6-4-8-23(14-20)31(35)36/h4-15,22H,16-19H2,1-3H3,(H,29,33)(H,30,34). The molecule has 2 amide bonds. The molecule has 2 atom stereocenters. The van der Waals surface area contributed by atoms with Crippen LogP contribution in [-0.2, 0) is 9.59 Å². The molecule has 200 valence electrons. The summed E-state index contributed by atoms with van der Waals surface area (Å²) in [7, 11) is 0. The summed E-state index contributed by atoms with van der Waals surface area (Å²) >= 11 is 0. The van der Waals surface area contributed by atoms with Crippen LogP contribution >= 0.6 is 0 Å². The van der Waals surface area contributed by atoms with Crippen molar-refractivity contribution in [2.75, 3.05) is 6.54 Å². The predicted molar refractivity (Wildman–Crippen MR) is 145 cm³/mol. The van der Waals surface area contributed by atoms with Gasteiger partial charge in [0.2, 0.25) is 11.8 Å². The van der Waals surface area contributed by atoms with E-state index in [9.17, 15) is 29.8 Å². The van der Waals surface area contributed by atoms with Crippen LogP contribution in [-0.4, -0.2) is 34.2 Å². The second kappa shape index (κ2) is 11.8. The summed E-state index contributed by atoms with van der Waals surface area (Å²) in [6.45, 7) is 6.75. The highest BCUT2D eigenvalue weighted by molar-refractivity contribution is 5.92. The average molecular weight is 521 g/mol. The van der Waals surface area contributed by atoms with Gasteiger partial charge in [0, 0.05) is 49.0 Å². The number of non-ortho nitro benzene ring substituents is 2. The van der Waals surface area contributed by atoms with Crippen LogP contribution in [0.2, 0.25) is 0 Å². The van der Waals surface area contributed by atoms with Gasteiger partial charge in [-0.25, -0.2) is 0 Å². The van der Waals surface area contributed by atoms with Crippen LogP contribution in [0.5, 0.6) is 0 Å². The zero-order valence-electron chi connectivity index (χ0n) is 21.7. The fourth-order valence-corrected chi connectivity index (χ4v) is 5.31. The second-order valence-corrected chi connectivity index (χ2v) is 10.9. The third-order valence-electron chi connectivity index (χ3n) is 6.50. The van der Waals surface area contributed by atoms with Crippen LogP contribution in [0.4, 0.5) is 11.4 Å². The molecule has 10 heteroatoms. The van der Waals surface area contributed by atoms with E-state index in [4.69, 9.17) is 0 Å². The van der Waals surface area contributed by atoms with Gasteiger partial charge in [-0.15, -0.1) is 0 Å². The SMILES string of the molecule is CC1(C)CC(NC(=O)C=Cc2cccc([N+](=O)[O-])c2)CC(C)(CNC(=O)C=Cc2cccc([N+](=O)[O-])c2)C1. The Kier molecular flexibility index (Phi) is 8.77.